The normalized spacial score (nSPS) is 15.5. The molecule has 1 amide bonds. The number of nitrogens with zero attached hydrogens (tertiary/aromatic N) is 3. The number of amides is 1. The molecular formula is C27H31N3O4S. The van der Waals surface area contributed by atoms with E-state index in [-0.39, 0.29) is 35.6 Å². The molecule has 1 saturated heterocycles. The Bertz CT molecular complexity index is 1290. The van der Waals surface area contributed by atoms with Gasteiger partial charge in [-0.25, -0.2) is 8.42 Å². The van der Waals surface area contributed by atoms with Crippen LogP contribution < -0.4 is 4.90 Å². The van der Waals surface area contributed by atoms with Gasteiger partial charge in [-0.3, -0.25) is 4.79 Å². The quantitative estimate of drug-likeness (QED) is 0.467. The number of hydrogen-bond donors (Lipinski definition) is 0. The molecule has 1 aliphatic rings. The summed E-state index contributed by atoms with van der Waals surface area (Å²) in [5.41, 5.74) is 3.27. The molecule has 0 N–H and O–H groups in total. The molecule has 1 fully saturated rings. The van der Waals surface area contributed by atoms with Gasteiger partial charge < -0.3 is 9.42 Å². The molecule has 0 spiro atoms. The van der Waals surface area contributed by atoms with Gasteiger partial charge in [0.05, 0.1) is 0 Å². The van der Waals surface area contributed by atoms with E-state index in [1.54, 1.807) is 17.9 Å². The zero-order valence-electron chi connectivity index (χ0n) is 20.3. The van der Waals surface area contributed by atoms with Gasteiger partial charge in [0.1, 0.15) is 5.69 Å². The van der Waals surface area contributed by atoms with Gasteiger partial charge in [-0.15, -0.1) is 0 Å². The summed E-state index contributed by atoms with van der Waals surface area (Å²) in [7, 11) is -3.82. The molecule has 3 aromatic rings. The van der Waals surface area contributed by atoms with E-state index in [9.17, 15) is 13.2 Å². The molecule has 2 aromatic carbocycles. The van der Waals surface area contributed by atoms with Crippen LogP contribution in [0.15, 0.2) is 64.0 Å². The number of benzene rings is 2. The summed E-state index contributed by atoms with van der Waals surface area (Å²) in [6, 6.07) is 17.5. The summed E-state index contributed by atoms with van der Waals surface area (Å²) in [4.78, 5) is 15.0. The maximum atomic E-state index is 13.5. The van der Waals surface area contributed by atoms with Crippen LogP contribution >= 0.6 is 0 Å². The number of para-hydroxylation sites is 1. The van der Waals surface area contributed by atoms with Gasteiger partial charge in [0.15, 0.2) is 10.7 Å². The van der Waals surface area contributed by atoms with Crippen LogP contribution in [0, 0.1) is 19.8 Å². The van der Waals surface area contributed by atoms with Crippen LogP contribution in [-0.2, 0) is 14.8 Å². The second kappa shape index (κ2) is 10.6. The van der Waals surface area contributed by atoms with Gasteiger partial charge in [0, 0.05) is 31.2 Å². The van der Waals surface area contributed by atoms with Gasteiger partial charge in [0.2, 0.25) is 15.9 Å². The van der Waals surface area contributed by atoms with Crippen molar-refractivity contribution < 1.29 is 17.7 Å². The van der Waals surface area contributed by atoms with Crippen LogP contribution in [0.3, 0.4) is 0 Å². The largest absolute Gasteiger partial charge is 0.355 e. The van der Waals surface area contributed by atoms with Crippen molar-refractivity contribution >= 4 is 33.8 Å². The van der Waals surface area contributed by atoms with Crippen molar-refractivity contribution in [1.82, 2.24) is 9.46 Å². The van der Waals surface area contributed by atoms with E-state index in [2.05, 4.69) is 5.16 Å². The second-order valence-corrected chi connectivity index (χ2v) is 10.7. The topological polar surface area (TPSA) is 83.7 Å². The Morgan fingerprint density at radius 1 is 1.06 bits per heavy atom. The maximum Gasteiger partial charge on any atom is 0.248 e. The number of carbonyl (C=O) groups is 1. The van der Waals surface area contributed by atoms with E-state index in [4.69, 9.17) is 4.52 Å². The maximum absolute atomic E-state index is 13.5. The first-order chi connectivity index (χ1) is 16.8. The number of anilines is 1. The second-order valence-electron chi connectivity index (χ2n) is 8.80. The van der Waals surface area contributed by atoms with E-state index >= 15 is 0 Å². The third-order valence-electron chi connectivity index (χ3n) is 6.39. The first kappa shape index (κ1) is 24.9. The first-order valence-electron chi connectivity index (χ1n) is 11.9. The van der Waals surface area contributed by atoms with Gasteiger partial charge >= 0.3 is 0 Å². The molecule has 7 nitrogen and oxygen atoms in total. The van der Waals surface area contributed by atoms with Crippen LogP contribution in [0.2, 0.25) is 0 Å². The minimum Gasteiger partial charge on any atom is -0.355 e. The van der Waals surface area contributed by atoms with Crippen molar-refractivity contribution in [1.29, 1.82) is 0 Å². The van der Waals surface area contributed by atoms with Gasteiger partial charge in [-0.2, -0.15) is 4.31 Å². The molecule has 0 unspecified atom stereocenters. The predicted molar refractivity (Wildman–Crippen MR) is 137 cm³/mol. The average Bonchev–Trinajstić information content (AvgIpc) is 3.26. The van der Waals surface area contributed by atoms with Crippen molar-refractivity contribution in [2.75, 3.05) is 24.5 Å². The Morgan fingerprint density at radius 3 is 2.34 bits per heavy atom. The molecule has 0 saturated carbocycles. The fourth-order valence-corrected chi connectivity index (χ4v) is 6.13. The van der Waals surface area contributed by atoms with Gasteiger partial charge in [-0.1, -0.05) is 59.3 Å². The molecule has 0 aliphatic carbocycles. The van der Waals surface area contributed by atoms with Gasteiger partial charge in [0.25, 0.3) is 0 Å². The number of hydrogen-bond acceptors (Lipinski definition) is 5. The number of sulfonamides is 1. The lowest BCUT2D eigenvalue weighted by Crippen LogP contribution is -2.44. The van der Waals surface area contributed by atoms with E-state index in [0.29, 0.717) is 25.1 Å². The zero-order chi connectivity index (χ0) is 25.0. The monoisotopic (exact) mass is 493 g/mol. The highest BCUT2D eigenvalue weighted by atomic mass is 32.2. The Kier molecular flexibility index (Phi) is 7.52. The highest BCUT2D eigenvalue weighted by Gasteiger charge is 2.37. The molecule has 184 valence electrons. The van der Waals surface area contributed by atoms with E-state index in [0.717, 1.165) is 16.8 Å². The fraction of sp³-hybridized carbons (Fsp3) is 0.333. The van der Waals surface area contributed by atoms with Crippen molar-refractivity contribution in [3.8, 4) is 0 Å². The van der Waals surface area contributed by atoms with E-state index < -0.39 is 10.0 Å². The number of carbonyl (C=O) groups excluding carboxylic acids is 1. The predicted octanol–water partition coefficient (Wildman–Crippen LogP) is 4.92. The zero-order valence-corrected chi connectivity index (χ0v) is 21.2. The van der Waals surface area contributed by atoms with E-state index in [1.807, 2.05) is 74.5 Å². The molecule has 8 heteroatoms. The first-order valence-corrected chi connectivity index (χ1v) is 13.3. The highest BCUT2D eigenvalue weighted by molar-refractivity contribution is 7.89. The van der Waals surface area contributed by atoms with Crippen molar-refractivity contribution in [2.45, 2.75) is 38.5 Å². The van der Waals surface area contributed by atoms with Crippen LogP contribution in [0.25, 0.3) is 12.2 Å². The van der Waals surface area contributed by atoms with Crippen molar-refractivity contribution in [3.63, 3.8) is 0 Å². The SMILES string of the molecule is CCN(C(=O)C1CCN(S(=O)(=O)c2c(C)noc2C=Cc2ccc(C)cc2)CC1)c1ccccc1. The molecule has 0 atom stereocenters. The number of aromatic nitrogens is 1. The van der Waals surface area contributed by atoms with Crippen LogP contribution in [-0.4, -0.2) is 43.4 Å². The number of rotatable bonds is 7. The summed E-state index contributed by atoms with van der Waals surface area (Å²) in [5.74, 6) is 0.0345. The minimum atomic E-state index is -3.82. The van der Waals surface area contributed by atoms with Crippen LogP contribution in [0.4, 0.5) is 5.69 Å². The van der Waals surface area contributed by atoms with Crippen molar-refractivity contribution in [2.24, 2.45) is 5.92 Å². The highest BCUT2D eigenvalue weighted by Crippen LogP contribution is 2.30. The molecule has 0 radical (unpaired) electrons. The molecule has 2 heterocycles. The molecule has 35 heavy (non-hydrogen) atoms. The Morgan fingerprint density at radius 2 is 1.71 bits per heavy atom. The molecule has 1 aromatic heterocycles. The summed E-state index contributed by atoms with van der Waals surface area (Å²) >= 11 is 0. The Balaban J connectivity index is 1.48. The van der Waals surface area contributed by atoms with Crippen molar-refractivity contribution in [3.05, 3.63) is 77.2 Å². The number of piperidine rings is 1. The summed E-state index contributed by atoms with van der Waals surface area (Å²) in [6.45, 7) is 6.71. The minimum absolute atomic E-state index is 0.0404. The standard InChI is InChI=1S/C27H31N3O4S/c1-4-30(24-8-6-5-7-9-24)27(31)23-16-18-29(19-17-23)35(32,33)26-21(3)28-34-25(26)15-14-22-12-10-20(2)11-13-22/h5-15,23H,4,16-19H2,1-3H3. The van der Waals surface area contributed by atoms with E-state index in [1.165, 1.54) is 4.31 Å². The van der Waals surface area contributed by atoms with Crippen LogP contribution in [0.1, 0.15) is 42.3 Å². The lowest BCUT2D eigenvalue weighted by atomic mass is 9.96. The lowest BCUT2D eigenvalue weighted by molar-refractivity contribution is -0.123. The molecular weight excluding hydrogens is 462 g/mol. The molecule has 4 rings (SSSR count). The Hall–Kier alpha value is -3.23. The number of aryl methyl sites for hydroxylation is 2. The summed E-state index contributed by atoms with van der Waals surface area (Å²) < 4.78 is 33.9. The molecule has 0 bridgehead atoms. The summed E-state index contributed by atoms with van der Waals surface area (Å²) in [6.07, 6.45) is 4.40. The van der Waals surface area contributed by atoms with Crippen LogP contribution in [0.5, 0.6) is 0 Å². The Labute approximate surface area is 207 Å². The third kappa shape index (κ3) is 5.39. The lowest BCUT2D eigenvalue weighted by Gasteiger charge is -2.33. The average molecular weight is 494 g/mol. The summed E-state index contributed by atoms with van der Waals surface area (Å²) in [5, 5.41) is 3.92. The smallest absolute Gasteiger partial charge is 0.248 e. The fourth-order valence-electron chi connectivity index (χ4n) is 4.41. The van der Waals surface area contributed by atoms with Gasteiger partial charge in [-0.05, 0) is 57.4 Å². The third-order valence-corrected chi connectivity index (χ3v) is 8.45. The molecule has 1 aliphatic heterocycles.